The van der Waals surface area contributed by atoms with Gasteiger partial charge in [0.15, 0.2) is 0 Å². The summed E-state index contributed by atoms with van der Waals surface area (Å²) >= 11 is 1.88. The second-order valence-electron chi connectivity index (χ2n) is 10.1. The van der Waals surface area contributed by atoms with Crippen LogP contribution < -0.4 is 4.74 Å². The number of fused-ring (bicyclic) bond motifs is 1. The van der Waals surface area contributed by atoms with Crippen LogP contribution in [0, 0.1) is 18.8 Å². The Balaban J connectivity index is 1.30. The van der Waals surface area contributed by atoms with Crippen LogP contribution in [0.25, 0.3) is 10.9 Å². The van der Waals surface area contributed by atoms with E-state index < -0.39 is 12.1 Å². The van der Waals surface area contributed by atoms with Crippen molar-refractivity contribution >= 4 is 28.6 Å². The van der Waals surface area contributed by atoms with E-state index >= 15 is 0 Å². The van der Waals surface area contributed by atoms with Crippen molar-refractivity contribution < 1.29 is 19.7 Å². The number of hydrogen-bond acceptors (Lipinski definition) is 6. The first-order chi connectivity index (χ1) is 17.9. The molecule has 1 aliphatic rings. The molecule has 0 aliphatic carbocycles. The van der Waals surface area contributed by atoms with Crippen LogP contribution in [0.5, 0.6) is 5.75 Å². The highest BCUT2D eigenvalue weighted by molar-refractivity contribution is 7.99. The lowest BCUT2D eigenvalue weighted by Gasteiger charge is -2.38. The maximum Gasteiger partial charge on any atom is 0.303 e. The molecule has 0 unspecified atom stereocenters. The molecule has 1 saturated heterocycles. The second kappa shape index (κ2) is 13.3. The standard InChI is InChI=1S/C30H38N2O4S/c1-21-4-8-25(9-5-21)37-17-3-15-32-16-13-22(23(20-32)18-30(34)35)6-11-29(33)26-12-14-31-28-10-7-24(36-2)19-27(26)28/h4-5,7-10,12,14,19,22-23,29,33H,3,6,11,13,15-18,20H2,1-2H3,(H,34,35)/t22-,23+,29+/m1/s1. The van der Waals surface area contributed by atoms with Gasteiger partial charge in [0.25, 0.3) is 0 Å². The van der Waals surface area contributed by atoms with Crippen molar-refractivity contribution in [3.8, 4) is 5.75 Å². The lowest BCUT2D eigenvalue weighted by atomic mass is 9.79. The number of ether oxygens (including phenoxy) is 1. The van der Waals surface area contributed by atoms with E-state index in [-0.39, 0.29) is 12.3 Å². The largest absolute Gasteiger partial charge is 0.497 e. The average Bonchev–Trinajstić information content (AvgIpc) is 2.90. The van der Waals surface area contributed by atoms with Gasteiger partial charge in [-0.2, -0.15) is 0 Å². The lowest BCUT2D eigenvalue weighted by Crippen LogP contribution is -2.42. The van der Waals surface area contributed by atoms with E-state index in [0.717, 1.165) is 66.9 Å². The predicted octanol–water partition coefficient (Wildman–Crippen LogP) is 5.96. The van der Waals surface area contributed by atoms with Gasteiger partial charge >= 0.3 is 5.97 Å². The van der Waals surface area contributed by atoms with Gasteiger partial charge in [-0.25, -0.2) is 0 Å². The number of likely N-dealkylation sites (tertiary alicyclic amines) is 1. The number of carboxylic acid groups (broad SMARTS) is 1. The quantitative estimate of drug-likeness (QED) is 0.224. The number of nitrogens with zero attached hydrogens (tertiary/aromatic N) is 2. The Morgan fingerprint density at radius 2 is 2.00 bits per heavy atom. The van der Waals surface area contributed by atoms with E-state index in [1.54, 1.807) is 13.3 Å². The fourth-order valence-corrected chi connectivity index (χ4v) is 6.24. The van der Waals surface area contributed by atoms with Gasteiger partial charge in [-0.1, -0.05) is 17.7 Å². The summed E-state index contributed by atoms with van der Waals surface area (Å²) in [6.07, 6.45) is 4.76. The first-order valence-corrected chi connectivity index (χ1v) is 14.2. The number of methoxy groups -OCH3 is 1. The van der Waals surface area contributed by atoms with E-state index in [1.807, 2.05) is 36.0 Å². The number of piperidine rings is 1. The molecule has 2 heterocycles. The van der Waals surface area contributed by atoms with Gasteiger partial charge in [0.2, 0.25) is 0 Å². The average molecular weight is 523 g/mol. The summed E-state index contributed by atoms with van der Waals surface area (Å²) in [5, 5.41) is 21.5. The first kappa shape index (κ1) is 27.4. The zero-order valence-electron chi connectivity index (χ0n) is 21.8. The molecule has 0 amide bonds. The molecule has 1 fully saturated rings. The minimum atomic E-state index is -0.737. The third kappa shape index (κ3) is 7.69. The molecule has 0 bridgehead atoms. The molecule has 1 aliphatic heterocycles. The number of carbonyl (C=O) groups is 1. The maximum absolute atomic E-state index is 11.6. The molecule has 7 heteroatoms. The molecule has 2 N–H and O–H groups in total. The Bertz CT molecular complexity index is 1170. The van der Waals surface area contributed by atoms with Gasteiger partial charge in [-0.15, -0.1) is 11.8 Å². The molecule has 0 radical (unpaired) electrons. The summed E-state index contributed by atoms with van der Waals surface area (Å²) in [7, 11) is 1.63. The lowest BCUT2D eigenvalue weighted by molar-refractivity contribution is -0.139. The minimum absolute atomic E-state index is 0.109. The number of aliphatic hydroxyl groups is 1. The molecular formula is C30H38N2O4S. The molecule has 37 heavy (non-hydrogen) atoms. The number of thioether (sulfide) groups is 1. The topological polar surface area (TPSA) is 82.9 Å². The molecule has 0 saturated carbocycles. The number of rotatable bonds is 12. The number of pyridine rings is 1. The highest BCUT2D eigenvalue weighted by Gasteiger charge is 2.31. The Morgan fingerprint density at radius 3 is 2.76 bits per heavy atom. The van der Waals surface area contributed by atoms with E-state index in [0.29, 0.717) is 12.3 Å². The summed E-state index contributed by atoms with van der Waals surface area (Å²) in [6, 6.07) is 16.2. The predicted molar refractivity (Wildman–Crippen MR) is 149 cm³/mol. The van der Waals surface area contributed by atoms with Gasteiger partial charge in [-0.05, 0) is 105 Å². The number of aliphatic hydroxyl groups excluding tert-OH is 1. The zero-order chi connectivity index (χ0) is 26.2. The molecule has 0 spiro atoms. The Morgan fingerprint density at radius 1 is 1.19 bits per heavy atom. The van der Waals surface area contributed by atoms with Crippen molar-refractivity contribution in [1.29, 1.82) is 0 Å². The van der Waals surface area contributed by atoms with Crippen LogP contribution in [0.2, 0.25) is 0 Å². The molecule has 2 aromatic carbocycles. The van der Waals surface area contributed by atoms with Gasteiger partial charge in [0.05, 0.1) is 18.7 Å². The van der Waals surface area contributed by atoms with Crippen molar-refractivity contribution in [3.05, 3.63) is 65.9 Å². The molecule has 4 rings (SSSR count). The SMILES string of the molecule is COc1ccc2nccc([C@@H](O)CC[C@@H]3CCN(CCCSc4ccc(C)cc4)C[C@@H]3CC(=O)O)c2c1. The fraction of sp³-hybridized carbons (Fsp3) is 0.467. The summed E-state index contributed by atoms with van der Waals surface area (Å²) < 4.78 is 5.36. The van der Waals surface area contributed by atoms with Crippen LogP contribution >= 0.6 is 11.8 Å². The van der Waals surface area contributed by atoms with Gasteiger partial charge in [0.1, 0.15) is 5.75 Å². The normalized spacial score (nSPS) is 19.1. The molecular weight excluding hydrogens is 484 g/mol. The smallest absolute Gasteiger partial charge is 0.303 e. The van der Waals surface area contributed by atoms with Crippen molar-refractivity contribution in [1.82, 2.24) is 9.88 Å². The Hall–Kier alpha value is -2.61. The maximum atomic E-state index is 11.6. The summed E-state index contributed by atoms with van der Waals surface area (Å²) in [5.74, 6) is 1.47. The number of aryl methyl sites for hydroxylation is 1. The van der Waals surface area contributed by atoms with Crippen LogP contribution in [0.1, 0.15) is 49.3 Å². The molecule has 6 nitrogen and oxygen atoms in total. The van der Waals surface area contributed by atoms with E-state index in [1.165, 1.54) is 10.5 Å². The summed E-state index contributed by atoms with van der Waals surface area (Å²) in [5.41, 5.74) is 2.95. The van der Waals surface area contributed by atoms with Crippen LogP contribution in [-0.4, -0.2) is 58.6 Å². The third-order valence-corrected chi connectivity index (χ3v) is 8.57. The Labute approximate surface area is 224 Å². The summed E-state index contributed by atoms with van der Waals surface area (Å²) in [4.78, 5) is 19.8. The molecule has 198 valence electrons. The van der Waals surface area contributed by atoms with Crippen molar-refractivity contribution in [3.63, 3.8) is 0 Å². The Kier molecular flexibility index (Phi) is 9.83. The highest BCUT2D eigenvalue weighted by atomic mass is 32.2. The molecule has 3 atom stereocenters. The van der Waals surface area contributed by atoms with E-state index in [4.69, 9.17) is 4.74 Å². The third-order valence-electron chi connectivity index (χ3n) is 7.47. The monoisotopic (exact) mass is 522 g/mol. The van der Waals surface area contributed by atoms with Crippen molar-refractivity contribution in [2.45, 2.75) is 50.0 Å². The number of carboxylic acids is 1. The molecule has 1 aromatic heterocycles. The van der Waals surface area contributed by atoms with Crippen LogP contribution in [0.15, 0.2) is 59.6 Å². The van der Waals surface area contributed by atoms with Crippen molar-refractivity contribution in [2.75, 3.05) is 32.5 Å². The van der Waals surface area contributed by atoms with E-state index in [2.05, 4.69) is 41.1 Å². The second-order valence-corrected chi connectivity index (χ2v) is 11.3. The van der Waals surface area contributed by atoms with Crippen molar-refractivity contribution in [2.24, 2.45) is 11.8 Å². The number of aromatic nitrogens is 1. The molecule has 3 aromatic rings. The first-order valence-electron chi connectivity index (χ1n) is 13.2. The highest BCUT2D eigenvalue weighted by Crippen LogP contribution is 2.35. The zero-order valence-corrected chi connectivity index (χ0v) is 22.6. The number of benzene rings is 2. The number of aliphatic carboxylic acids is 1. The summed E-state index contributed by atoms with van der Waals surface area (Å²) in [6.45, 7) is 4.90. The van der Waals surface area contributed by atoms with Gasteiger partial charge in [-0.3, -0.25) is 9.78 Å². The van der Waals surface area contributed by atoms with Crippen LogP contribution in [0.4, 0.5) is 0 Å². The van der Waals surface area contributed by atoms with Crippen LogP contribution in [-0.2, 0) is 4.79 Å². The number of hydrogen-bond donors (Lipinski definition) is 2. The van der Waals surface area contributed by atoms with Gasteiger partial charge in [0, 0.05) is 29.4 Å². The van der Waals surface area contributed by atoms with Gasteiger partial charge < -0.3 is 19.8 Å². The van der Waals surface area contributed by atoms with Crippen LogP contribution in [0.3, 0.4) is 0 Å². The minimum Gasteiger partial charge on any atom is -0.497 e. The fourth-order valence-electron chi connectivity index (χ4n) is 5.40. The van der Waals surface area contributed by atoms with E-state index in [9.17, 15) is 15.0 Å².